The lowest BCUT2D eigenvalue weighted by Gasteiger charge is -2.24. The molecule has 0 radical (unpaired) electrons. The zero-order valence-electron chi connectivity index (χ0n) is 18.8. The van der Waals surface area contributed by atoms with Gasteiger partial charge in [-0.2, -0.15) is 18.3 Å². The Morgan fingerprint density at radius 2 is 1.74 bits per heavy atom. The lowest BCUT2D eigenvalue weighted by atomic mass is 10.1. The second-order valence-electron chi connectivity index (χ2n) is 7.44. The summed E-state index contributed by atoms with van der Waals surface area (Å²) < 4.78 is 71.4. The number of nitrogens with one attached hydrogen (secondary N) is 1. The van der Waals surface area contributed by atoms with Crippen LogP contribution in [0.5, 0.6) is 5.75 Å². The largest absolute Gasteiger partial charge is 0.497 e. The highest BCUT2D eigenvalue weighted by atomic mass is 32.2. The molecule has 0 aliphatic heterocycles. The molecule has 0 aliphatic carbocycles. The quantitative estimate of drug-likeness (QED) is 0.364. The number of aryl methyl sites for hydroxylation is 1. The first-order valence-corrected chi connectivity index (χ1v) is 11.7. The first kappa shape index (κ1) is 25.8. The molecule has 1 amide bonds. The maximum absolute atomic E-state index is 13.4. The fourth-order valence-electron chi connectivity index (χ4n) is 3.06. The van der Waals surface area contributed by atoms with Crippen LogP contribution in [0.3, 0.4) is 0 Å². The van der Waals surface area contributed by atoms with Gasteiger partial charge in [-0.1, -0.05) is 35.9 Å². The number of benzene rings is 3. The van der Waals surface area contributed by atoms with Gasteiger partial charge in [-0.05, 0) is 48.9 Å². The Labute approximate surface area is 200 Å². The average Bonchev–Trinajstić information content (AvgIpc) is 2.82. The number of hydrogen-bond donors (Lipinski definition) is 1. The number of alkyl halides is 3. The third kappa shape index (κ3) is 6.60. The van der Waals surface area contributed by atoms with Crippen molar-refractivity contribution in [1.82, 2.24) is 5.43 Å². The van der Waals surface area contributed by atoms with Gasteiger partial charge in [0.2, 0.25) is 0 Å². The van der Waals surface area contributed by atoms with E-state index in [1.165, 1.54) is 43.5 Å². The van der Waals surface area contributed by atoms with Crippen molar-refractivity contribution in [3.8, 4) is 5.75 Å². The number of nitrogens with zero attached hydrogens (tertiary/aromatic N) is 2. The van der Waals surface area contributed by atoms with Crippen molar-refractivity contribution in [1.29, 1.82) is 0 Å². The molecule has 0 spiro atoms. The van der Waals surface area contributed by atoms with E-state index < -0.39 is 34.2 Å². The van der Waals surface area contributed by atoms with Crippen molar-refractivity contribution in [2.24, 2.45) is 5.10 Å². The SMILES string of the molecule is COc1cccc(N(CC(=O)N/N=C/c2cccc(C(F)(F)F)c2)S(=O)(=O)c2ccc(C)cc2)c1. The van der Waals surface area contributed by atoms with E-state index in [9.17, 15) is 26.4 Å². The molecule has 3 aromatic rings. The van der Waals surface area contributed by atoms with E-state index in [1.54, 1.807) is 24.3 Å². The molecule has 3 rings (SSSR count). The standard InChI is InChI=1S/C24H22F3N3O4S/c1-17-9-11-22(12-10-17)35(32,33)30(20-7-4-8-21(14-20)34-2)16-23(31)29-28-15-18-5-3-6-19(13-18)24(25,26)27/h3-15H,16H2,1-2H3,(H,29,31)/b28-15+. The number of rotatable bonds is 8. The van der Waals surface area contributed by atoms with Crippen LogP contribution < -0.4 is 14.5 Å². The zero-order valence-corrected chi connectivity index (χ0v) is 19.6. The first-order valence-electron chi connectivity index (χ1n) is 10.2. The summed E-state index contributed by atoms with van der Waals surface area (Å²) in [4.78, 5) is 12.6. The van der Waals surface area contributed by atoms with E-state index >= 15 is 0 Å². The van der Waals surface area contributed by atoms with Crippen molar-refractivity contribution in [2.45, 2.75) is 18.0 Å². The Bertz CT molecular complexity index is 1320. The molecule has 1 N–H and O–H groups in total. The number of hydrazone groups is 1. The van der Waals surface area contributed by atoms with Crippen molar-refractivity contribution in [3.63, 3.8) is 0 Å². The summed E-state index contributed by atoms with van der Waals surface area (Å²) in [5.74, 6) is -0.415. The third-order valence-corrected chi connectivity index (χ3v) is 6.64. The predicted molar refractivity (Wildman–Crippen MR) is 126 cm³/mol. The molecule has 11 heteroatoms. The van der Waals surface area contributed by atoms with E-state index in [4.69, 9.17) is 4.74 Å². The molecule has 0 heterocycles. The van der Waals surface area contributed by atoms with Gasteiger partial charge in [0.05, 0.1) is 29.5 Å². The maximum Gasteiger partial charge on any atom is 0.416 e. The summed E-state index contributed by atoms with van der Waals surface area (Å²) in [6, 6.07) is 16.7. The number of anilines is 1. The molecule has 35 heavy (non-hydrogen) atoms. The number of halogens is 3. The Morgan fingerprint density at radius 3 is 2.40 bits per heavy atom. The minimum atomic E-state index is -4.52. The Morgan fingerprint density at radius 1 is 1.06 bits per heavy atom. The highest BCUT2D eigenvalue weighted by Gasteiger charge is 2.30. The highest BCUT2D eigenvalue weighted by Crippen LogP contribution is 2.29. The van der Waals surface area contributed by atoms with Gasteiger partial charge in [-0.15, -0.1) is 0 Å². The molecule has 7 nitrogen and oxygen atoms in total. The minimum absolute atomic E-state index is 0.0220. The second-order valence-corrected chi connectivity index (χ2v) is 9.30. The third-order valence-electron chi connectivity index (χ3n) is 4.85. The van der Waals surface area contributed by atoms with Gasteiger partial charge in [0, 0.05) is 6.07 Å². The number of amides is 1. The van der Waals surface area contributed by atoms with Crippen LogP contribution in [0.1, 0.15) is 16.7 Å². The number of carbonyl (C=O) groups is 1. The summed E-state index contributed by atoms with van der Waals surface area (Å²) in [5.41, 5.74) is 2.45. The normalized spacial score (nSPS) is 11.9. The van der Waals surface area contributed by atoms with E-state index in [-0.39, 0.29) is 16.1 Å². The number of methoxy groups -OCH3 is 1. The van der Waals surface area contributed by atoms with Crippen LogP contribution >= 0.6 is 0 Å². The van der Waals surface area contributed by atoms with Crippen molar-refractivity contribution >= 4 is 27.8 Å². The fraction of sp³-hybridized carbons (Fsp3) is 0.167. The molecule has 0 aliphatic rings. The Hall–Kier alpha value is -3.86. The molecule has 0 saturated carbocycles. The van der Waals surface area contributed by atoms with Crippen LogP contribution in [0.4, 0.5) is 18.9 Å². The minimum Gasteiger partial charge on any atom is -0.497 e. The van der Waals surface area contributed by atoms with Gasteiger partial charge in [0.25, 0.3) is 15.9 Å². The number of ether oxygens (including phenoxy) is 1. The van der Waals surface area contributed by atoms with Crippen LogP contribution in [0.15, 0.2) is 82.8 Å². The van der Waals surface area contributed by atoms with Crippen LogP contribution in [-0.2, 0) is 21.0 Å². The van der Waals surface area contributed by atoms with E-state index in [1.807, 2.05) is 6.92 Å². The lowest BCUT2D eigenvalue weighted by molar-refractivity contribution is -0.137. The fourth-order valence-corrected chi connectivity index (χ4v) is 4.47. The molecule has 0 atom stereocenters. The van der Waals surface area contributed by atoms with Gasteiger partial charge >= 0.3 is 6.18 Å². The molecule has 184 valence electrons. The molecule has 0 saturated heterocycles. The summed E-state index contributed by atoms with van der Waals surface area (Å²) in [6.45, 7) is 1.18. The van der Waals surface area contributed by atoms with E-state index in [2.05, 4.69) is 10.5 Å². The number of sulfonamides is 1. The average molecular weight is 506 g/mol. The summed E-state index contributed by atoms with van der Waals surface area (Å²) in [6.07, 6.45) is -3.48. The number of hydrogen-bond acceptors (Lipinski definition) is 5. The van der Waals surface area contributed by atoms with Crippen LogP contribution in [-0.4, -0.2) is 34.2 Å². The van der Waals surface area contributed by atoms with E-state index in [0.717, 1.165) is 28.2 Å². The predicted octanol–water partition coefficient (Wildman–Crippen LogP) is 4.37. The topological polar surface area (TPSA) is 88.1 Å². The van der Waals surface area contributed by atoms with Crippen molar-refractivity contribution < 1.29 is 31.1 Å². The smallest absolute Gasteiger partial charge is 0.416 e. The molecule has 0 bridgehead atoms. The second kappa shape index (κ2) is 10.6. The van der Waals surface area contributed by atoms with Crippen molar-refractivity contribution in [3.05, 3.63) is 89.5 Å². The van der Waals surface area contributed by atoms with E-state index in [0.29, 0.717) is 5.75 Å². The highest BCUT2D eigenvalue weighted by molar-refractivity contribution is 7.92. The van der Waals surface area contributed by atoms with Crippen LogP contribution in [0.2, 0.25) is 0 Å². The van der Waals surface area contributed by atoms with Crippen LogP contribution in [0.25, 0.3) is 0 Å². The van der Waals surface area contributed by atoms with Gasteiger partial charge in [0.1, 0.15) is 12.3 Å². The van der Waals surface area contributed by atoms with Crippen LogP contribution in [0, 0.1) is 6.92 Å². The molecular formula is C24H22F3N3O4S. The molecule has 3 aromatic carbocycles. The van der Waals surface area contributed by atoms with Crippen molar-refractivity contribution in [2.75, 3.05) is 18.0 Å². The molecule has 0 aromatic heterocycles. The molecular weight excluding hydrogens is 483 g/mol. The first-order chi connectivity index (χ1) is 16.5. The maximum atomic E-state index is 13.4. The summed E-state index contributed by atoms with van der Waals surface area (Å²) >= 11 is 0. The Kier molecular flexibility index (Phi) is 7.80. The van der Waals surface area contributed by atoms with Gasteiger partial charge in [0.15, 0.2) is 0 Å². The summed E-state index contributed by atoms with van der Waals surface area (Å²) in [5, 5.41) is 3.67. The van der Waals surface area contributed by atoms with Gasteiger partial charge < -0.3 is 4.74 Å². The Balaban J connectivity index is 1.84. The monoisotopic (exact) mass is 505 g/mol. The van der Waals surface area contributed by atoms with Gasteiger partial charge in [-0.25, -0.2) is 13.8 Å². The number of carbonyl (C=O) groups excluding carboxylic acids is 1. The molecule has 0 fully saturated rings. The summed E-state index contributed by atoms with van der Waals surface area (Å²) in [7, 11) is -2.73. The van der Waals surface area contributed by atoms with Gasteiger partial charge in [-0.3, -0.25) is 9.10 Å². The lowest BCUT2D eigenvalue weighted by Crippen LogP contribution is -2.39. The zero-order chi connectivity index (χ0) is 25.6. The molecule has 0 unspecified atom stereocenters.